The summed E-state index contributed by atoms with van der Waals surface area (Å²) in [4.78, 5) is 0. The van der Waals surface area contributed by atoms with Crippen molar-refractivity contribution in [2.45, 2.75) is 19.4 Å². The maximum Gasteiger partial charge on any atom is 0.147 e. The lowest BCUT2D eigenvalue weighted by Gasteiger charge is -2.14. The number of benzene rings is 2. The molecule has 1 N–H and O–H groups in total. The van der Waals surface area contributed by atoms with E-state index >= 15 is 0 Å². The zero-order chi connectivity index (χ0) is 14.6. The van der Waals surface area contributed by atoms with Crippen molar-refractivity contribution in [2.24, 2.45) is 0 Å². The Hall–Kier alpha value is -1.39. The predicted molar refractivity (Wildman–Crippen MR) is 84.7 cm³/mol. The molecule has 0 amide bonds. The number of sulfone groups is 1. The van der Waals surface area contributed by atoms with E-state index in [1.54, 1.807) is 0 Å². The lowest BCUT2D eigenvalue weighted by atomic mass is 10.0. The molecule has 2 aromatic carbocycles. The second-order valence-corrected chi connectivity index (χ2v) is 7.53. The third kappa shape index (κ3) is 4.32. The third-order valence-corrected chi connectivity index (χ3v) is 4.45. The Labute approximate surface area is 120 Å². The summed E-state index contributed by atoms with van der Waals surface area (Å²) in [6, 6.07) is 14.9. The van der Waals surface area contributed by atoms with Crippen molar-refractivity contribution in [1.82, 2.24) is 5.32 Å². The van der Waals surface area contributed by atoms with Gasteiger partial charge in [0.2, 0.25) is 0 Å². The van der Waals surface area contributed by atoms with E-state index in [2.05, 4.69) is 42.6 Å². The first-order valence-electron chi connectivity index (χ1n) is 6.85. The highest BCUT2D eigenvalue weighted by Crippen LogP contribution is 2.20. The van der Waals surface area contributed by atoms with Crippen LogP contribution in [0.2, 0.25) is 0 Å². The molecule has 4 heteroatoms. The minimum absolute atomic E-state index is 0.221. The predicted octanol–water partition coefficient (Wildman–Crippen LogP) is 2.93. The highest BCUT2D eigenvalue weighted by atomic mass is 32.2. The van der Waals surface area contributed by atoms with E-state index in [-0.39, 0.29) is 11.8 Å². The van der Waals surface area contributed by atoms with Crippen LogP contribution in [0.3, 0.4) is 0 Å². The second-order valence-electron chi connectivity index (χ2n) is 5.27. The van der Waals surface area contributed by atoms with E-state index in [1.807, 2.05) is 12.1 Å². The molecule has 1 unspecified atom stereocenters. The maximum atomic E-state index is 11.1. The molecule has 0 aromatic heterocycles. The average Bonchev–Trinajstić information content (AvgIpc) is 2.42. The zero-order valence-corrected chi connectivity index (χ0v) is 12.8. The maximum absolute atomic E-state index is 11.1. The summed E-state index contributed by atoms with van der Waals surface area (Å²) in [7, 11) is -2.86. The molecule has 0 radical (unpaired) electrons. The van der Waals surface area contributed by atoms with Crippen LogP contribution in [-0.2, 0) is 9.84 Å². The Morgan fingerprint density at radius 1 is 1.10 bits per heavy atom. The van der Waals surface area contributed by atoms with Gasteiger partial charge in [-0.15, -0.1) is 0 Å². The smallest absolute Gasteiger partial charge is 0.147 e. The first-order chi connectivity index (χ1) is 9.46. The summed E-state index contributed by atoms with van der Waals surface area (Å²) in [6.07, 6.45) is 1.93. The Morgan fingerprint density at radius 3 is 2.50 bits per heavy atom. The number of fused-ring (bicyclic) bond motifs is 1. The van der Waals surface area contributed by atoms with Gasteiger partial charge in [-0.05, 0) is 42.3 Å². The van der Waals surface area contributed by atoms with Crippen LogP contribution in [0, 0.1) is 0 Å². The largest absolute Gasteiger partial charge is 0.310 e. The van der Waals surface area contributed by atoms with Gasteiger partial charge in [0.15, 0.2) is 0 Å². The highest BCUT2D eigenvalue weighted by Gasteiger charge is 2.06. The summed E-state index contributed by atoms with van der Waals surface area (Å²) >= 11 is 0. The fraction of sp³-hybridized carbons (Fsp3) is 0.375. The molecule has 0 fully saturated rings. The lowest BCUT2D eigenvalue weighted by molar-refractivity contribution is 0.562. The fourth-order valence-electron chi connectivity index (χ4n) is 2.25. The quantitative estimate of drug-likeness (QED) is 0.832. The van der Waals surface area contributed by atoms with Crippen LogP contribution in [0.5, 0.6) is 0 Å². The molecule has 108 valence electrons. The molecule has 3 nitrogen and oxygen atoms in total. The number of hydrogen-bond acceptors (Lipinski definition) is 3. The summed E-state index contributed by atoms with van der Waals surface area (Å²) in [6.45, 7) is 2.81. The fourth-order valence-corrected chi connectivity index (χ4v) is 2.92. The zero-order valence-electron chi connectivity index (χ0n) is 12.0. The van der Waals surface area contributed by atoms with Crippen LogP contribution >= 0.6 is 0 Å². The molecule has 0 saturated carbocycles. The Balaban J connectivity index is 1.95. The highest BCUT2D eigenvalue weighted by molar-refractivity contribution is 7.90. The van der Waals surface area contributed by atoms with Crippen molar-refractivity contribution in [3.8, 4) is 0 Å². The van der Waals surface area contributed by atoms with Gasteiger partial charge in [-0.3, -0.25) is 0 Å². The van der Waals surface area contributed by atoms with Gasteiger partial charge in [0.1, 0.15) is 9.84 Å². The van der Waals surface area contributed by atoms with E-state index in [1.165, 1.54) is 22.6 Å². The SMILES string of the molecule is CC(NCCCS(C)(=O)=O)c1ccc2ccccc2c1. The summed E-state index contributed by atoms with van der Waals surface area (Å²) in [5, 5.41) is 5.84. The van der Waals surface area contributed by atoms with E-state index < -0.39 is 9.84 Å². The van der Waals surface area contributed by atoms with E-state index in [4.69, 9.17) is 0 Å². The lowest BCUT2D eigenvalue weighted by Crippen LogP contribution is -2.21. The number of hydrogen-bond donors (Lipinski definition) is 1. The van der Waals surface area contributed by atoms with Gasteiger partial charge in [0.25, 0.3) is 0 Å². The second kappa shape index (κ2) is 6.37. The van der Waals surface area contributed by atoms with E-state index in [0.717, 1.165) is 0 Å². The molecule has 20 heavy (non-hydrogen) atoms. The molecule has 0 aliphatic rings. The Kier molecular flexibility index (Phi) is 4.78. The topological polar surface area (TPSA) is 46.2 Å². The monoisotopic (exact) mass is 291 g/mol. The normalized spacial score (nSPS) is 13.5. The average molecular weight is 291 g/mol. The van der Waals surface area contributed by atoms with E-state index in [9.17, 15) is 8.42 Å². The molecule has 1 atom stereocenters. The standard InChI is InChI=1S/C16H21NO2S/c1-13(17-10-5-11-20(2,18)19)15-9-8-14-6-3-4-7-16(14)12-15/h3-4,6-9,12-13,17H,5,10-11H2,1-2H3. The molecule has 2 rings (SSSR count). The van der Waals surface area contributed by atoms with Crippen molar-refractivity contribution >= 4 is 20.6 Å². The first-order valence-corrected chi connectivity index (χ1v) is 8.91. The van der Waals surface area contributed by atoms with Gasteiger partial charge in [-0.2, -0.15) is 0 Å². The van der Waals surface area contributed by atoms with Crippen molar-refractivity contribution in [3.05, 3.63) is 48.0 Å². The van der Waals surface area contributed by atoms with Crippen molar-refractivity contribution in [2.75, 3.05) is 18.6 Å². The van der Waals surface area contributed by atoms with Gasteiger partial charge >= 0.3 is 0 Å². The molecule has 0 aliphatic heterocycles. The van der Waals surface area contributed by atoms with Crippen molar-refractivity contribution < 1.29 is 8.42 Å². The van der Waals surface area contributed by atoms with Crippen LogP contribution < -0.4 is 5.32 Å². The van der Waals surface area contributed by atoms with Crippen LogP contribution in [0.25, 0.3) is 10.8 Å². The van der Waals surface area contributed by atoms with Crippen LogP contribution in [-0.4, -0.2) is 27.0 Å². The van der Waals surface area contributed by atoms with Gasteiger partial charge in [-0.25, -0.2) is 8.42 Å². The van der Waals surface area contributed by atoms with Gasteiger partial charge in [0.05, 0.1) is 5.75 Å². The summed E-state index contributed by atoms with van der Waals surface area (Å²) < 4.78 is 22.1. The van der Waals surface area contributed by atoms with Gasteiger partial charge in [0, 0.05) is 12.3 Å². The van der Waals surface area contributed by atoms with E-state index in [0.29, 0.717) is 13.0 Å². The minimum atomic E-state index is -2.86. The van der Waals surface area contributed by atoms with Gasteiger partial charge in [-0.1, -0.05) is 36.4 Å². The molecule has 0 bridgehead atoms. The Bertz CT molecular complexity index is 680. The number of nitrogens with one attached hydrogen (secondary N) is 1. The Morgan fingerprint density at radius 2 is 1.80 bits per heavy atom. The van der Waals surface area contributed by atoms with Crippen LogP contribution in [0.4, 0.5) is 0 Å². The molecule has 0 spiro atoms. The van der Waals surface area contributed by atoms with Gasteiger partial charge < -0.3 is 5.32 Å². The minimum Gasteiger partial charge on any atom is -0.310 e. The molecular weight excluding hydrogens is 270 g/mol. The van der Waals surface area contributed by atoms with Crippen molar-refractivity contribution in [1.29, 1.82) is 0 Å². The van der Waals surface area contributed by atoms with Crippen LogP contribution in [0.15, 0.2) is 42.5 Å². The number of rotatable bonds is 6. The molecule has 0 saturated heterocycles. The molecule has 0 heterocycles. The summed E-state index contributed by atoms with van der Waals surface area (Å²) in [5.74, 6) is 0.241. The molecule has 0 aliphatic carbocycles. The summed E-state index contributed by atoms with van der Waals surface area (Å²) in [5.41, 5.74) is 1.23. The van der Waals surface area contributed by atoms with Crippen molar-refractivity contribution in [3.63, 3.8) is 0 Å². The first kappa shape index (κ1) is 15.0. The van der Waals surface area contributed by atoms with Crippen LogP contribution in [0.1, 0.15) is 24.9 Å². The molecular formula is C16H21NO2S. The molecule has 2 aromatic rings. The third-order valence-electron chi connectivity index (χ3n) is 3.42.